The molecule has 0 radical (unpaired) electrons. The Morgan fingerprint density at radius 1 is 1.14 bits per heavy atom. The molecule has 0 aromatic heterocycles. The first-order chi connectivity index (χ1) is 13.7. The molecular formula is C19H14ClF3N4O2. The van der Waals surface area contributed by atoms with Crippen LogP contribution >= 0.6 is 11.6 Å². The van der Waals surface area contributed by atoms with Crippen LogP contribution in [0.5, 0.6) is 0 Å². The summed E-state index contributed by atoms with van der Waals surface area (Å²) in [6.45, 7) is 1.30. The Kier molecular flexibility index (Phi) is 5.69. The standard InChI is InChI=1S/C19H14ClF3N4O2/c1-11-15(18(29)27(26-11)14-5-3-2-4-6-14)16(19(21,22)23)24-25-17(28)12-7-9-13(20)10-8-12/h2-10,15H,1H3,(H,25,28)/b24-16+/t15-/m0/s1. The SMILES string of the molecule is CC1=NN(c2ccccc2)C(=O)[C@@H]1/C(=N\NC(=O)c1ccc(Cl)cc1)C(F)(F)F. The molecule has 1 aliphatic heterocycles. The molecule has 2 aromatic carbocycles. The van der Waals surface area contributed by atoms with Gasteiger partial charge in [0.2, 0.25) is 0 Å². The van der Waals surface area contributed by atoms with E-state index in [1.165, 1.54) is 31.2 Å². The van der Waals surface area contributed by atoms with Crippen molar-refractivity contribution in [1.29, 1.82) is 0 Å². The number of para-hydroxylation sites is 1. The third-order valence-corrected chi connectivity index (χ3v) is 4.33. The van der Waals surface area contributed by atoms with Crippen LogP contribution in [0.1, 0.15) is 17.3 Å². The van der Waals surface area contributed by atoms with Crippen molar-refractivity contribution in [2.75, 3.05) is 5.01 Å². The first-order valence-corrected chi connectivity index (χ1v) is 8.71. The van der Waals surface area contributed by atoms with Crippen LogP contribution in [0.2, 0.25) is 5.02 Å². The van der Waals surface area contributed by atoms with Gasteiger partial charge in [-0.1, -0.05) is 29.8 Å². The summed E-state index contributed by atoms with van der Waals surface area (Å²) in [5.41, 5.74) is 0.705. The predicted molar refractivity (Wildman–Crippen MR) is 103 cm³/mol. The zero-order valence-electron chi connectivity index (χ0n) is 14.9. The zero-order valence-corrected chi connectivity index (χ0v) is 15.7. The van der Waals surface area contributed by atoms with Gasteiger partial charge in [0.25, 0.3) is 11.8 Å². The summed E-state index contributed by atoms with van der Waals surface area (Å²) in [5, 5.41) is 8.44. The van der Waals surface area contributed by atoms with E-state index in [0.29, 0.717) is 10.7 Å². The van der Waals surface area contributed by atoms with Crippen molar-refractivity contribution in [3.05, 3.63) is 65.2 Å². The Balaban J connectivity index is 1.88. The van der Waals surface area contributed by atoms with Gasteiger partial charge in [0.1, 0.15) is 5.92 Å². The Labute approximate surface area is 168 Å². The van der Waals surface area contributed by atoms with E-state index >= 15 is 0 Å². The van der Waals surface area contributed by atoms with Gasteiger partial charge in [0, 0.05) is 10.6 Å². The van der Waals surface area contributed by atoms with Gasteiger partial charge in [-0.15, -0.1) is 0 Å². The number of carbonyl (C=O) groups excluding carboxylic acids is 2. The lowest BCUT2D eigenvalue weighted by atomic mass is 9.97. The number of amides is 2. The van der Waals surface area contributed by atoms with Gasteiger partial charge in [-0.25, -0.2) is 5.43 Å². The van der Waals surface area contributed by atoms with Gasteiger partial charge in [0.05, 0.1) is 11.4 Å². The minimum absolute atomic E-state index is 0.0636. The number of hydrogen-bond donors (Lipinski definition) is 1. The minimum Gasteiger partial charge on any atom is -0.271 e. The smallest absolute Gasteiger partial charge is 0.271 e. The van der Waals surface area contributed by atoms with E-state index in [-0.39, 0.29) is 11.3 Å². The van der Waals surface area contributed by atoms with Crippen molar-refractivity contribution in [3.8, 4) is 0 Å². The van der Waals surface area contributed by atoms with Gasteiger partial charge < -0.3 is 0 Å². The second-order valence-corrected chi connectivity index (χ2v) is 6.54. The molecule has 0 aliphatic carbocycles. The molecule has 1 heterocycles. The molecule has 10 heteroatoms. The van der Waals surface area contributed by atoms with Gasteiger partial charge in [-0.2, -0.15) is 28.4 Å². The maximum atomic E-state index is 13.6. The normalized spacial score (nSPS) is 17.3. The molecule has 3 rings (SSSR count). The summed E-state index contributed by atoms with van der Waals surface area (Å²) in [5.74, 6) is -3.55. The van der Waals surface area contributed by atoms with Gasteiger partial charge >= 0.3 is 6.18 Å². The second kappa shape index (κ2) is 8.04. The maximum Gasteiger partial charge on any atom is 0.432 e. The Hall–Kier alpha value is -3.20. The van der Waals surface area contributed by atoms with E-state index in [0.717, 1.165) is 5.01 Å². The van der Waals surface area contributed by atoms with Crippen LogP contribution in [0.25, 0.3) is 0 Å². The van der Waals surface area contributed by atoms with Crippen molar-refractivity contribution >= 4 is 40.5 Å². The maximum absolute atomic E-state index is 13.6. The quantitative estimate of drug-likeness (QED) is 0.596. The number of hydrazone groups is 2. The van der Waals surface area contributed by atoms with Gasteiger partial charge in [-0.05, 0) is 43.3 Å². The largest absolute Gasteiger partial charge is 0.432 e. The van der Waals surface area contributed by atoms with E-state index < -0.39 is 29.6 Å². The van der Waals surface area contributed by atoms with E-state index in [2.05, 4.69) is 10.2 Å². The Bertz CT molecular complexity index is 989. The summed E-state index contributed by atoms with van der Waals surface area (Å²) in [6.07, 6.45) is -4.96. The van der Waals surface area contributed by atoms with Crippen molar-refractivity contribution in [1.82, 2.24) is 5.43 Å². The molecular weight excluding hydrogens is 409 g/mol. The van der Waals surface area contributed by atoms with Crippen LogP contribution < -0.4 is 10.4 Å². The molecule has 0 saturated heterocycles. The second-order valence-electron chi connectivity index (χ2n) is 6.10. The number of alkyl halides is 3. The Morgan fingerprint density at radius 2 is 1.76 bits per heavy atom. The summed E-state index contributed by atoms with van der Waals surface area (Å²) in [6, 6.07) is 13.6. The van der Waals surface area contributed by atoms with Gasteiger partial charge in [0.15, 0.2) is 5.71 Å². The molecule has 29 heavy (non-hydrogen) atoms. The topological polar surface area (TPSA) is 74.1 Å². The lowest BCUT2D eigenvalue weighted by Crippen LogP contribution is -2.41. The fourth-order valence-corrected chi connectivity index (χ4v) is 2.83. The average Bonchev–Trinajstić information content (AvgIpc) is 2.97. The first kappa shape index (κ1) is 20.5. The fraction of sp³-hybridized carbons (Fsp3) is 0.158. The molecule has 0 fully saturated rings. The van der Waals surface area contributed by atoms with Crippen molar-refractivity contribution in [2.24, 2.45) is 16.1 Å². The molecule has 0 bridgehead atoms. The molecule has 0 spiro atoms. The first-order valence-electron chi connectivity index (χ1n) is 8.33. The number of nitrogens with one attached hydrogen (secondary N) is 1. The van der Waals surface area contributed by atoms with E-state index in [1.807, 2.05) is 5.43 Å². The number of benzene rings is 2. The van der Waals surface area contributed by atoms with Crippen molar-refractivity contribution in [3.63, 3.8) is 0 Å². The van der Waals surface area contributed by atoms with Crippen molar-refractivity contribution < 1.29 is 22.8 Å². The lowest BCUT2D eigenvalue weighted by molar-refractivity contribution is -0.119. The highest BCUT2D eigenvalue weighted by molar-refractivity contribution is 6.30. The van der Waals surface area contributed by atoms with Crippen LogP contribution in [0.4, 0.5) is 18.9 Å². The molecule has 0 unspecified atom stereocenters. The van der Waals surface area contributed by atoms with Crippen LogP contribution in [0, 0.1) is 5.92 Å². The number of nitrogens with zero attached hydrogens (tertiary/aromatic N) is 3. The van der Waals surface area contributed by atoms with E-state index in [4.69, 9.17) is 11.6 Å². The number of halogens is 4. The molecule has 2 amide bonds. The minimum atomic E-state index is -4.96. The third-order valence-electron chi connectivity index (χ3n) is 4.08. The highest BCUT2D eigenvalue weighted by Gasteiger charge is 2.49. The summed E-state index contributed by atoms with van der Waals surface area (Å²) in [4.78, 5) is 24.8. The summed E-state index contributed by atoms with van der Waals surface area (Å²) >= 11 is 5.72. The van der Waals surface area contributed by atoms with E-state index in [9.17, 15) is 22.8 Å². The zero-order chi connectivity index (χ0) is 21.2. The molecule has 1 N–H and O–H groups in total. The molecule has 150 valence electrons. The Morgan fingerprint density at radius 3 is 2.34 bits per heavy atom. The molecule has 0 saturated carbocycles. The summed E-state index contributed by atoms with van der Waals surface area (Å²) < 4.78 is 40.9. The van der Waals surface area contributed by atoms with Gasteiger partial charge in [-0.3, -0.25) is 9.59 Å². The number of anilines is 1. The highest BCUT2D eigenvalue weighted by atomic mass is 35.5. The average molecular weight is 423 g/mol. The predicted octanol–water partition coefficient (Wildman–Crippen LogP) is 4.03. The molecule has 2 aromatic rings. The third kappa shape index (κ3) is 4.45. The molecule has 6 nitrogen and oxygen atoms in total. The fourth-order valence-electron chi connectivity index (χ4n) is 2.70. The highest BCUT2D eigenvalue weighted by Crippen LogP contribution is 2.30. The summed E-state index contributed by atoms with van der Waals surface area (Å²) in [7, 11) is 0. The van der Waals surface area contributed by atoms with Crippen LogP contribution in [-0.2, 0) is 4.79 Å². The van der Waals surface area contributed by atoms with Crippen LogP contribution in [0.15, 0.2) is 64.8 Å². The van der Waals surface area contributed by atoms with Crippen molar-refractivity contribution in [2.45, 2.75) is 13.1 Å². The molecule has 1 atom stereocenters. The monoisotopic (exact) mass is 422 g/mol. The van der Waals surface area contributed by atoms with E-state index in [1.54, 1.807) is 30.3 Å². The number of carbonyl (C=O) groups is 2. The number of rotatable bonds is 4. The molecule has 1 aliphatic rings. The lowest BCUT2D eigenvalue weighted by Gasteiger charge is -2.17. The van der Waals surface area contributed by atoms with Crippen LogP contribution in [-0.4, -0.2) is 29.4 Å². The number of hydrogen-bond acceptors (Lipinski definition) is 4. The van der Waals surface area contributed by atoms with Crippen LogP contribution in [0.3, 0.4) is 0 Å².